The van der Waals surface area contributed by atoms with Crippen LogP contribution in [0.15, 0.2) is 120 Å². The molecular formula is C40H33N3O+2. The first-order valence-corrected chi connectivity index (χ1v) is 15.9. The predicted molar refractivity (Wildman–Crippen MR) is 173 cm³/mol. The highest BCUT2D eigenvalue weighted by atomic mass is 16.3. The lowest BCUT2D eigenvalue weighted by molar-refractivity contribution is -0.719. The highest BCUT2D eigenvalue weighted by Crippen LogP contribution is 2.72. The first-order valence-electron chi connectivity index (χ1n) is 15.9. The van der Waals surface area contributed by atoms with Crippen molar-refractivity contribution in [1.82, 2.24) is 4.57 Å². The standard InChI is InChI=1S/C40H33N3O/c1-3-11-26-13-10-12-25(2)36(26)42-22-23-43-38-35(28-15-4-5-16-30(28)39(42)43)40(38)24-41-21-9-8-17-32(41)34-31(40)20-19-29-27-14-6-7-18-33(27)44-37(29)34/h4-10,12-23,35,38H,3,11,24H2,1-2H3/q+2. The van der Waals surface area contributed by atoms with Gasteiger partial charge in [-0.25, -0.2) is 4.57 Å². The number of imidazole rings is 1. The van der Waals surface area contributed by atoms with Gasteiger partial charge in [-0.1, -0.05) is 80.1 Å². The van der Waals surface area contributed by atoms with Crippen LogP contribution in [0.25, 0.3) is 50.3 Å². The molecule has 0 bridgehead atoms. The number of rotatable bonds is 3. The maximum atomic E-state index is 6.71. The van der Waals surface area contributed by atoms with E-state index in [-0.39, 0.29) is 5.41 Å². The number of fused-ring (bicyclic) bond motifs is 16. The maximum Gasteiger partial charge on any atom is 0.294 e. The van der Waals surface area contributed by atoms with Crippen molar-refractivity contribution >= 4 is 21.9 Å². The summed E-state index contributed by atoms with van der Waals surface area (Å²) < 4.78 is 14.3. The van der Waals surface area contributed by atoms with E-state index < -0.39 is 0 Å². The van der Waals surface area contributed by atoms with E-state index in [1.54, 1.807) is 0 Å². The Morgan fingerprint density at radius 2 is 1.73 bits per heavy atom. The molecule has 212 valence electrons. The second kappa shape index (κ2) is 8.57. The van der Waals surface area contributed by atoms with E-state index in [0.29, 0.717) is 12.0 Å². The van der Waals surface area contributed by atoms with Crippen LogP contribution in [-0.4, -0.2) is 4.57 Å². The van der Waals surface area contributed by atoms with Crippen LogP contribution in [0.3, 0.4) is 0 Å². The summed E-state index contributed by atoms with van der Waals surface area (Å²) in [5.41, 5.74) is 12.6. The van der Waals surface area contributed by atoms with Crippen LogP contribution >= 0.6 is 0 Å². The van der Waals surface area contributed by atoms with Gasteiger partial charge in [-0.2, -0.15) is 9.13 Å². The van der Waals surface area contributed by atoms with Gasteiger partial charge in [0.25, 0.3) is 5.82 Å². The zero-order valence-electron chi connectivity index (χ0n) is 25.0. The van der Waals surface area contributed by atoms with Crippen molar-refractivity contribution in [3.8, 4) is 28.3 Å². The number of hydrogen-bond acceptors (Lipinski definition) is 1. The summed E-state index contributed by atoms with van der Waals surface area (Å²) in [6.07, 6.45) is 9.13. The molecule has 0 N–H and O–H groups in total. The Kier molecular flexibility index (Phi) is 4.77. The minimum absolute atomic E-state index is 0.0856. The Labute approximate surface area is 256 Å². The van der Waals surface area contributed by atoms with Crippen LogP contribution in [0.4, 0.5) is 0 Å². The van der Waals surface area contributed by atoms with Crippen LogP contribution in [0.2, 0.25) is 0 Å². The van der Waals surface area contributed by atoms with E-state index in [2.05, 4.69) is 143 Å². The molecule has 3 unspecified atom stereocenters. The van der Waals surface area contributed by atoms with Crippen LogP contribution < -0.4 is 9.13 Å². The first-order chi connectivity index (χ1) is 21.7. The third-order valence-corrected chi connectivity index (χ3v) is 10.7. The number of aryl methyl sites for hydroxylation is 2. The van der Waals surface area contributed by atoms with Crippen LogP contribution in [0.1, 0.15) is 47.6 Å². The average molecular weight is 572 g/mol. The van der Waals surface area contributed by atoms with Crippen molar-refractivity contribution in [2.75, 3.05) is 0 Å². The van der Waals surface area contributed by atoms with Crippen molar-refractivity contribution in [2.24, 2.45) is 0 Å². The Morgan fingerprint density at radius 1 is 0.864 bits per heavy atom. The van der Waals surface area contributed by atoms with Crippen LogP contribution in [0, 0.1) is 6.92 Å². The third-order valence-electron chi connectivity index (χ3n) is 10.7. The largest absolute Gasteiger partial charge is 0.455 e. The second-order valence-electron chi connectivity index (χ2n) is 13.0. The lowest BCUT2D eigenvalue weighted by Crippen LogP contribution is -2.48. The van der Waals surface area contributed by atoms with E-state index in [4.69, 9.17) is 4.42 Å². The molecule has 44 heavy (non-hydrogen) atoms. The fraction of sp³-hybridized carbons (Fsp3) is 0.200. The lowest BCUT2D eigenvalue weighted by atomic mass is 9.81. The lowest BCUT2D eigenvalue weighted by Gasteiger charge is -2.23. The van der Waals surface area contributed by atoms with Crippen LogP contribution in [0.5, 0.6) is 0 Å². The normalized spacial score (nSPS) is 20.7. The van der Waals surface area contributed by atoms with E-state index in [0.717, 1.165) is 30.6 Å². The number of aromatic nitrogens is 3. The van der Waals surface area contributed by atoms with E-state index in [9.17, 15) is 0 Å². The molecule has 5 heterocycles. The van der Waals surface area contributed by atoms with Gasteiger partial charge in [0.15, 0.2) is 12.7 Å². The maximum absolute atomic E-state index is 6.71. The summed E-state index contributed by atoms with van der Waals surface area (Å²) in [7, 11) is 0. The molecule has 0 amide bonds. The number of hydrogen-bond donors (Lipinski definition) is 0. The molecule has 0 radical (unpaired) electrons. The zero-order chi connectivity index (χ0) is 29.2. The number of para-hydroxylation sites is 2. The fourth-order valence-corrected chi connectivity index (χ4v) is 9.02. The predicted octanol–water partition coefficient (Wildman–Crippen LogP) is 8.15. The number of furan rings is 1. The molecule has 2 aliphatic heterocycles. The van der Waals surface area contributed by atoms with Gasteiger partial charge in [0.05, 0.1) is 11.1 Å². The van der Waals surface area contributed by atoms with Gasteiger partial charge >= 0.3 is 0 Å². The molecule has 10 rings (SSSR count). The third kappa shape index (κ3) is 2.93. The number of pyridine rings is 1. The summed E-state index contributed by atoms with van der Waals surface area (Å²) in [5, 5.41) is 2.37. The number of nitrogens with zero attached hydrogens (tertiary/aromatic N) is 3. The summed E-state index contributed by atoms with van der Waals surface area (Å²) in [4.78, 5) is 0. The summed E-state index contributed by atoms with van der Waals surface area (Å²) in [5.74, 6) is 1.67. The van der Waals surface area contributed by atoms with Crippen molar-refractivity contribution in [3.05, 3.63) is 138 Å². The summed E-state index contributed by atoms with van der Waals surface area (Å²) >= 11 is 0. The molecule has 3 atom stereocenters. The molecular weight excluding hydrogens is 538 g/mol. The van der Waals surface area contributed by atoms with Gasteiger partial charge in [-0.05, 0) is 53.8 Å². The van der Waals surface area contributed by atoms with Gasteiger partial charge in [0.2, 0.25) is 5.69 Å². The Morgan fingerprint density at radius 3 is 2.66 bits per heavy atom. The monoisotopic (exact) mass is 571 g/mol. The second-order valence-corrected chi connectivity index (χ2v) is 13.0. The summed E-state index contributed by atoms with van der Waals surface area (Å²) in [6.45, 7) is 5.47. The molecule has 1 aliphatic carbocycles. The van der Waals surface area contributed by atoms with Gasteiger partial charge < -0.3 is 4.42 Å². The Balaban J connectivity index is 1.26. The van der Waals surface area contributed by atoms with Gasteiger partial charge in [0, 0.05) is 28.8 Å². The minimum atomic E-state index is -0.0856. The highest BCUT2D eigenvalue weighted by Gasteiger charge is 2.77. The van der Waals surface area contributed by atoms with Gasteiger partial charge in [-0.3, -0.25) is 0 Å². The van der Waals surface area contributed by atoms with Crippen LogP contribution in [-0.2, 0) is 18.4 Å². The number of benzene rings is 4. The quantitative estimate of drug-likeness (QED) is 0.197. The van der Waals surface area contributed by atoms with E-state index in [1.165, 1.54) is 61.4 Å². The molecule has 7 aromatic rings. The van der Waals surface area contributed by atoms with Crippen molar-refractivity contribution < 1.29 is 13.6 Å². The molecule has 3 aliphatic rings. The van der Waals surface area contributed by atoms with Gasteiger partial charge in [-0.15, -0.1) is 0 Å². The smallest absolute Gasteiger partial charge is 0.294 e. The van der Waals surface area contributed by atoms with Crippen molar-refractivity contribution in [2.45, 2.75) is 50.6 Å². The zero-order valence-corrected chi connectivity index (χ0v) is 25.0. The molecule has 1 spiro atoms. The van der Waals surface area contributed by atoms with Crippen molar-refractivity contribution in [1.29, 1.82) is 0 Å². The summed E-state index contributed by atoms with van der Waals surface area (Å²) in [6, 6.07) is 36.0. The molecule has 4 heteroatoms. The van der Waals surface area contributed by atoms with Crippen molar-refractivity contribution in [3.63, 3.8) is 0 Å². The molecule has 3 aromatic heterocycles. The first kappa shape index (κ1) is 24.5. The Bertz CT molecular complexity index is 2320. The van der Waals surface area contributed by atoms with E-state index >= 15 is 0 Å². The molecule has 4 nitrogen and oxygen atoms in total. The van der Waals surface area contributed by atoms with Gasteiger partial charge in [0.1, 0.15) is 40.7 Å². The SMILES string of the molecule is CCCc1cccc(C)c1-n1cc[n+]2c1-c1ccccc1C1C2C12C[n+]1ccccc1-c1c2ccc2c1oc1ccccc12. The minimum Gasteiger partial charge on any atom is -0.455 e. The highest BCUT2D eigenvalue weighted by molar-refractivity contribution is 6.10. The Hall–Kier alpha value is -4.96. The van der Waals surface area contributed by atoms with E-state index in [1.807, 2.05) is 0 Å². The average Bonchev–Trinajstić information content (AvgIpc) is 3.32. The topological polar surface area (TPSA) is 25.8 Å². The molecule has 1 fully saturated rings. The molecule has 1 saturated carbocycles. The molecule has 4 aromatic carbocycles. The fourth-order valence-electron chi connectivity index (χ4n) is 9.02. The molecule has 0 saturated heterocycles.